The Hall–Kier alpha value is -1.02. The fourth-order valence-corrected chi connectivity index (χ4v) is 3.10. The summed E-state index contributed by atoms with van der Waals surface area (Å²) in [5.41, 5.74) is 4.34. The van der Waals surface area contributed by atoms with E-state index < -0.39 is 0 Å². The molecule has 1 saturated heterocycles. The van der Waals surface area contributed by atoms with Crippen LogP contribution in [-0.2, 0) is 0 Å². The lowest BCUT2D eigenvalue weighted by Crippen LogP contribution is -2.53. The minimum absolute atomic E-state index is 0.268. The van der Waals surface area contributed by atoms with Gasteiger partial charge in [-0.1, -0.05) is 24.1 Å². The van der Waals surface area contributed by atoms with Gasteiger partial charge in [-0.05, 0) is 51.8 Å². The van der Waals surface area contributed by atoms with Crippen LogP contribution in [0.5, 0.6) is 0 Å². The molecule has 1 fully saturated rings. The Bertz CT molecular complexity index is 406. The predicted octanol–water partition coefficient (Wildman–Crippen LogP) is 3.27. The third-order valence-corrected chi connectivity index (χ3v) is 4.06. The Morgan fingerprint density at radius 2 is 2.06 bits per heavy atom. The summed E-state index contributed by atoms with van der Waals surface area (Å²) >= 11 is 0. The minimum atomic E-state index is 0.268. The molecule has 1 N–H and O–H groups in total. The molecular formula is C16H26N2. The first-order valence-corrected chi connectivity index (χ1v) is 7.04. The molecule has 1 aliphatic rings. The summed E-state index contributed by atoms with van der Waals surface area (Å²) in [7, 11) is 2.21. The van der Waals surface area contributed by atoms with Crippen LogP contribution >= 0.6 is 0 Å². The van der Waals surface area contributed by atoms with Gasteiger partial charge in [-0.2, -0.15) is 0 Å². The van der Waals surface area contributed by atoms with Crippen molar-refractivity contribution in [2.24, 2.45) is 0 Å². The van der Waals surface area contributed by atoms with Crippen LogP contribution in [-0.4, -0.2) is 25.7 Å². The van der Waals surface area contributed by atoms with Crippen LogP contribution in [0.3, 0.4) is 0 Å². The van der Waals surface area contributed by atoms with Gasteiger partial charge >= 0.3 is 0 Å². The molecule has 1 atom stereocenters. The highest BCUT2D eigenvalue weighted by Crippen LogP contribution is 2.25. The molecule has 0 aliphatic carbocycles. The number of rotatable bonds is 3. The Balaban J connectivity index is 2.08. The molecule has 2 nitrogen and oxygen atoms in total. The van der Waals surface area contributed by atoms with E-state index in [1.165, 1.54) is 36.1 Å². The molecule has 0 aromatic heterocycles. The summed E-state index contributed by atoms with van der Waals surface area (Å²) in [5, 5.41) is 3.69. The third-order valence-electron chi connectivity index (χ3n) is 4.06. The summed E-state index contributed by atoms with van der Waals surface area (Å²) in [5.74, 6) is 0. The van der Waals surface area contributed by atoms with Crippen molar-refractivity contribution >= 4 is 5.69 Å². The van der Waals surface area contributed by atoms with E-state index in [9.17, 15) is 0 Å². The van der Waals surface area contributed by atoms with Gasteiger partial charge in [0.2, 0.25) is 0 Å². The predicted molar refractivity (Wildman–Crippen MR) is 79.4 cm³/mol. The number of nitrogens with zero attached hydrogens (tertiary/aromatic N) is 1. The molecular weight excluding hydrogens is 220 g/mol. The molecule has 0 saturated carbocycles. The second-order valence-corrected chi connectivity index (χ2v) is 6.09. The fraction of sp³-hybridized carbons (Fsp3) is 0.625. The molecule has 2 rings (SSSR count). The van der Waals surface area contributed by atoms with Gasteiger partial charge in [0.25, 0.3) is 0 Å². The van der Waals surface area contributed by atoms with E-state index in [1.807, 2.05) is 0 Å². The van der Waals surface area contributed by atoms with Crippen molar-refractivity contribution in [3.8, 4) is 0 Å². The molecule has 0 amide bonds. The number of anilines is 1. The van der Waals surface area contributed by atoms with E-state index in [-0.39, 0.29) is 5.54 Å². The summed E-state index contributed by atoms with van der Waals surface area (Å²) < 4.78 is 0. The normalized spacial score (nSPS) is 24.0. The van der Waals surface area contributed by atoms with Crippen LogP contribution in [0.1, 0.15) is 37.3 Å². The first-order chi connectivity index (χ1) is 8.50. The number of aryl methyl sites for hydroxylation is 2. The molecule has 18 heavy (non-hydrogen) atoms. The van der Waals surface area contributed by atoms with Crippen LogP contribution in [0.2, 0.25) is 0 Å². The number of likely N-dealkylation sites (N-methyl/N-ethyl adjacent to an activating group) is 1. The average Bonchev–Trinajstić information content (AvgIpc) is 2.28. The molecule has 1 aromatic carbocycles. The quantitative estimate of drug-likeness (QED) is 0.880. The molecule has 0 radical (unpaired) electrons. The molecule has 0 bridgehead atoms. The Labute approximate surface area is 111 Å². The van der Waals surface area contributed by atoms with Gasteiger partial charge in [0.15, 0.2) is 0 Å². The Morgan fingerprint density at radius 1 is 1.28 bits per heavy atom. The van der Waals surface area contributed by atoms with Gasteiger partial charge in [-0.25, -0.2) is 0 Å². The maximum Gasteiger partial charge on any atom is 0.0394 e. The average molecular weight is 246 g/mol. The number of nitrogens with one attached hydrogen (secondary N) is 1. The van der Waals surface area contributed by atoms with Crippen LogP contribution in [0.25, 0.3) is 0 Å². The van der Waals surface area contributed by atoms with Gasteiger partial charge in [0.1, 0.15) is 0 Å². The van der Waals surface area contributed by atoms with E-state index in [0.29, 0.717) is 0 Å². The van der Waals surface area contributed by atoms with E-state index in [2.05, 4.69) is 56.2 Å². The zero-order valence-corrected chi connectivity index (χ0v) is 12.2. The van der Waals surface area contributed by atoms with Gasteiger partial charge in [0, 0.05) is 24.8 Å². The second kappa shape index (κ2) is 5.31. The number of benzene rings is 1. The van der Waals surface area contributed by atoms with Crippen LogP contribution in [0.4, 0.5) is 5.69 Å². The maximum absolute atomic E-state index is 3.69. The van der Waals surface area contributed by atoms with Crippen molar-refractivity contribution in [1.82, 2.24) is 5.32 Å². The highest BCUT2D eigenvalue weighted by atomic mass is 15.2. The monoisotopic (exact) mass is 246 g/mol. The smallest absolute Gasteiger partial charge is 0.0394 e. The number of piperidine rings is 1. The van der Waals surface area contributed by atoms with Gasteiger partial charge in [-0.3, -0.25) is 0 Å². The van der Waals surface area contributed by atoms with Crippen molar-refractivity contribution < 1.29 is 0 Å². The van der Waals surface area contributed by atoms with Gasteiger partial charge in [-0.15, -0.1) is 0 Å². The fourth-order valence-electron chi connectivity index (χ4n) is 3.10. The zero-order chi connectivity index (χ0) is 13.2. The highest BCUT2D eigenvalue weighted by Gasteiger charge is 2.27. The van der Waals surface area contributed by atoms with Crippen molar-refractivity contribution in [1.29, 1.82) is 0 Å². The summed E-state index contributed by atoms with van der Waals surface area (Å²) in [6, 6.07) is 6.72. The molecule has 100 valence electrons. The first kappa shape index (κ1) is 13.4. The SMILES string of the molecule is Cc1ccc(N(C)CC2(C)CCCCN2)c(C)c1. The van der Waals surface area contributed by atoms with Crippen LogP contribution < -0.4 is 10.2 Å². The molecule has 1 aromatic rings. The van der Waals surface area contributed by atoms with Crippen LogP contribution in [0, 0.1) is 13.8 Å². The summed E-state index contributed by atoms with van der Waals surface area (Å²) in [6.45, 7) is 8.95. The van der Waals surface area contributed by atoms with Gasteiger partial charge < -0.3 is 10.2 Å². The number of hydrogen-bond donors (Lipinski definition) is 1. The van der Waals surface area contributed by atoms with Crippen molar-refractivity contribution in [2.75, 3.05) is 25.0 Å². The largest absolute Gasteiger partial charge is 0.373 e. The highest BCUT2D eigenvalue weighted by molar-refractivity contribution is 5.54. The standard InChI is InChI=1S/C16H26N2/c1-13-7-8-15(14(2)11-13)18(4)12-16(3)9-5-6-10-17-16/h7-8,11,17H,5-6,9-10,12H2,1-4H3. The molecule has 1 unspecified atom stereocenters. The molecule has 0 spiro atoms. The second-order valence-electron chi connectivity index (χ2n) is 6.09. The Morgan fingerprint density at radius 3 is 2.67 bits per heavy atom. The van der Waals surface area contributed by atoms with E-state index >= 15 is 0 Å². The molecule has 1 aliphatic heterocycles. The lowest BCUT2D eigenvalue weighted by molar-refractivity contribution is 0.283. The Kier molecular flexibility index (Phi) is 3.96. The van der Waals surface area contributed by atoms with E-state index in [4.69, 9.17) is 0 Å². The molecule has 2 heteroatoms. The third kappa shape index (κ3) is 3.05. The minimum Gasteiger partial charge on any atom is -0.373 e. The van der Waals surface area contributed by atoms with Gasteiger partial charge in [0.05, 0.1) is 0 Å². The summed E-state index contributed by atoms with van der Waals surface area (Å²) in [6.07, 6.45) is 3.95. The van der Waals surface area contributed by atoms with Crippen LogP contribution in [0.15, 0.2) is 18.2 Å². The first-order valence-electron chi connectivity index (χ1n) is 7.04. The van der Waals surface area contributed by atoms with E-state index in [0.717, 1.165) is 13.1 Å². The van der Waals surface area contributed by atoms with Crippen molar-refractivity contribution in [3.05, 3.63) is 29.3 Å². The zero-order valence-electron chi connectivity index (χ0n) is 12.2. The van der Waals surface area contributed by atoms with Crippen molar-refractivity contribution in [3.63, 3.8) is 0 Å². The lowest BCUT2D eigenvalue weighted by Gasteiger charge is -2.39. The van der Waals surface area contributed by atoms with E-state index in [1.54, 1.807) is 0 Å². The molecule has 1 heterocycles. The lowest BCUT2D eigenvalue weighted by atomic mass is 9.90. The summed E-state index contributed by atoms with van der Waals surface area (Å²) in [4.78, 5) is 2.40. The maximum atomic E-state index is 3.69. The number of hydrogen-bond acceptors (Lipinski definition) is 2. The van der Waals surface area contributed by atoms with Crippen molar-refractivity contribution in [2.45, 2.75) is 45.6 Å². The topological polar surface area (TPSA) is 15.3 Å².